The summed E-state index contributed by atoms with van der Waals surface area (Å²) in [6, 6.07) is 32.7. The van der Waals surface area contributed by atoms with Gasteiger partial charge in [0, 0.05) is 0 Å². The Kier molecular flexibility index (Phi) is 5.46. The molecule has 168 valence electrons. The second-order valence-electron chi connectivity index (χ2n) is 9.87. The molecule has 0 saturated heterocycles. The molecule has 0 aliphatic heterocycles. The van der Waals surface area contributed by atoms with Crippen molar-refractivity contribution in [2.75, 3.05) is 0 Å². The van der Waals surface area contributed by atoms with E-state index in [9.17, 15) is 0 Å². The summed E-state index contributed by atoms with van der Waals surface area (Å²) in [5.74, 6) is 0. The number of benzene rings is 6. The monoisotopic (exact) mass is 440 g/mol. The Morgan fingerprint density at radius 1 is 0.382 bits per heavy atom. The van der Waals surface area contributed by atoms with E-state index in [-0.39, 0.29) is 0 Å². The first-order chi connectivity index (χ1) is 16.8. The van der Waals surface area contributed by atoms with Crippen molar-refractivity contribution in [1.82, 2.24) is 0 Å². The van der Waals surface area contributed by atoms with E-state index in [1.165, 1.54) is 104 Å². The third kappa shape index (κ3) is 3.53. The first kappa shape index (κ1) is 21.2. The summed E-state index contributed by atoms with van der Waals surface area (Å²) < 4.78 is 0. The molecule has 0 saturated carbocycles. The summed E-state index contributed by atoms with van der Waals surface area (Å²) in [6.07, 6.45) is 7.33. The maximum absolute atomic E-state index is 2.38. The molecule has 0 aromatic heterocycles. The van der Waals surface area contributed by atoms with Gasteiger partial charge in [0.25, 0.3) is 0 Å². The van der Waals surface area contributed by atoms with Gasteiger partial charge in [-0.25, -0.2) is 0 Å². The van der Waals surface area contributed by atoms with Gasteiger partial charge in [0.15, 0.2) is 0 Å². The van der Waals surface area contributed by atoms with Gasteiger partial charge in [0.2, 0.25) is 0 Å². The minimum atomic E-state index is 1.17. The lowest BCUT2D eigenvalue weighted by atomic mass is 9.91. The second-order valence-corrected chi connectivity index (χ2v) is 9.87. The molecule has 6 aromatic carbocycles. The van der Waals surface area contributed by atoms with Gasteiger partial charge >= 0.3 is 0 Å². The number of hydrogen-bond acceptors (Lipinski definition) is 0. The molecule has 0 radical (unpaired) electrons. The molecule has 0 fully saturated rings. The van der Waals surface area contributed by atoms with Crippen LogP contribution in [0.2, 0.25) is 0 Å². The van der Waals surface area contributed by atoms with E-state index >= 15 is 0 Å². The van der Waals surface area contributed by atoms with Crippen molar-refractivity contribution < 1.29 is 0 Å². The standard InChI is InChI=1S/C34H32/c1-3-5-7-23-9-13-27-25(21-23)11-15-31-29(27)17-19-34-32-16-12-26-22-24(8-6-4-2)10-14-28(26)30(32)18-20-33(31)34/h9-22H,3-8H2,1-2H3. The third-order valence-electron chi connectivity index (χ3n) is 7.59. The summed E-state index contributed by atoms with van der Waals surface area (Å²) in [6.45, 7) is 4.52. The van der Waals surface area contributed by atoms with Gasteiger partial charge in [-0.15, -0.1) is 0 Å². The molecule has 0 aliphatic rings. The molecule has 0 unspecified atom stereocenters. The Balaban J connectivity index is 1.52. The first-order valence-electron chi connectivity index (χ1n) is 13.0. The van der Waals surface area contributed by atoms with Gasteiger partial charge in [-0.3, -0.25) is 0 Å². The van der Waals surface area contributed by atoms with E-state index in [0.29, 0.717) is 0 Å². The molecule has 0 spiro atoms. The Morgan fingerprint density at radius 3 is 1.09 bits per heavy atom. The first-order valence-corrected chi connectivity index (χ1v) is 13.0. The summed E-state index contributed by atoms with van der Waals surface area (Å²) in [5, 5.41) is 13.5. The van der Waals surface area contributed by atoms with Crippen LogP contribution in [0, 0.1) is 0 Å². The predicted octanol–water partition coefficient (Wildman–Crippen LogP) is 10.1. The zero-order chi connectivity index (χ0) is 23.1. The number of rotatable bonds is 6. The summed E-state index contributed by atoms with van der Waals surface area (Å²) in [7, 11) is 0. The average molecular weight is 441 g/mol. The van der Waals surface area contributed by atoms with E-state index in [0.717, 1.165) is 0 Å². The Labute approximate surface area is 202 Å². The van der Waals surface area contributed by atoms with Crippen molar-refractivity contribution >= 4 is 53.9 Å². The van der Waals surface area contributed by atoms with Gasteiger partial charge in [-0.2, -0.15) is 0 Å². The zero-order valence-corrected chi connectivity index (χ0v) is 20.3. The van der Waals surface area contributed by atoms with Crippen molar-refractivity contribution in [1.29, 1.82) is 0 Å². The quantitative estimate of drug-likeness (QED) is 0.226. The van der Waals surface area contributed by atoms with Crippen LogP contribution < -0.4 is 0 Å². The average Bonchev–Trinajstić information content (AvgIpc) is 2.89. The zero-order valence-electron chi connectivity index (χ0n) is 20.3. The Hall–Kier alpha value is -3.38. The van der Waals surface area contributed by atoms with Crippen LogP contribution in [-0.2, 0) is 12.8 Å². The molecule has 0 heterocycles. The lowest BCUT2D eigenvalue weighted by molar-refractivity contribution is 0.796. The Morgan fingerprint density at radius 2 is 0.706 bits per heavy atom. The lowest BCUT2D eigenvalue weighted by Gasteiger charge is -2.12. The smallest absolute Gasteiger partial charge is 0.00987 e. The van der Waals surface area contributed by atoms with E-state index in [1.54, 1.807) is 0 Å². The van der Waals surface area contributed by atoms with Crippen LogP contribution in [0.5, 0.6) is 0 Å². The fourth-order valence-corrected chi connectivity index (χ4v) is 5.69. The lowest BCUT2D eigenvalue weighted by Crippen LogP contribution is -1.88. The van der Waals surface area contributed by atoms with E-state index in [1.807, 2.05) is 0 Å². The molecule has 0 nitrogen and oxygen atoms in total. The van der Waals surface area contributed by atoms with Crippen LogP contribution >= 0.6 is 0 Å². The van der Waals surface area contributed by atoms with Crippen LogP contribution in [0.15, 0.2) is 84.9 Å². The van der Waals surface area contributed by atoms with Crippen LogP contribution in [0.4, 0.5) is 0 Å². The predicted molar refractivity (Wildman–Crippen MR) is 151 cm³/mol. The van der Waals surface area contributed by atoms with Crippen LogP contribution in [0.25, 0.3) is 53.9 Å². The molecular formula is C34H32. The molecule has 0 N–H and O–H groups in total. The number of hydrogen-bond donors (Lipinski definition) is 0. The largest absolute Gasteiger partial charge is 0.0654 e. The molecule has 0 amide bonds. The maximum atomic E-state index is 2.38. The van der Waals surface area contributed by atoms with Gasteiger partial charge in [-0.1, -0.05) is 112 Å². The summed E-state index contributed by atoms with van der Waals surface area (Å²) in [5.41, 5.74) is 2.90. The van der Waals surface area contributed by atoms with Crippen LogP contribution in [-0.4, -0.2) is 0 Å². The second kappa shape index (κ2) is 8.76. The third-order valence-corrected chi connectivity index (χ3v) is 7.59. The van der Waals surface area contributed by atoms with Gasteiger partial charge in [-0.05, 0) is 90.7 Å². The van der Waals surface area contributed by atoms with E-state index in [4.69, 9.17) is 0 Å². The van der Waals surface area contributed by atoms with Crippen molar-refractivity contribution in [3.63, 3.8) is 0 Å². The van der Waals surface area contributed by atoms with E-state index < -0.39 is 0 Å². The minimum Gasteiger partial charge on any atom is -0.0654 e. The molecule has 6 rings (SSSR count). The minimum absolute atomic E-state index is 1.17. The summed E-state index contributed by atoms with van der Waals surface area (Å²) >= 11 is 0. The molecule has 0 bridgehead atoms. The SMILES string of the molecule is CCCCc1ccc2c(ccc3c2ccc2c4ccc5cc(CCCC)ccc5c4ccc32)c1. The van der Waals surface area contributed by atoms with Crippen molar-refractivity contribution in [2.45, 2.75) is 52.4 Å². The van der Waals surface area contributed by atoms with Crippen LogP contribution in [0.1, 0.15) is 50.7 Å². The topological polar surface area (TPSA) is 0 Å². The highest BCUT2D eigenvalue weighted by Crippen LogP contribution is 2.37. The molecule has 34 heavy (non-hydrogen) atoms. The molecule has 6 aromatic rings. The van der Waals surface area contributed by atoms with Crippen molar-refractivity contribution in [2.24, 2.45) is 0 Å². The fraction of sp³-hybridized carbons (Fsp3) is 0.235. The highest BCUT2D eigenvalue weighted by molar-refractivity contribution is 6.24. The number of fused-ring (bicyclic) bond motifs is 9. The normalized spacial score (nSPS) is 11.9. The summed E-state index contributed by atoms with van der Waals surface area (Å²) in [4.78, 5) is 0. The molecular weight excluding hydrogens is 408 g/mol. The fourth-order valence-electron chi connectivity index (χ4n) is 5.69. The van der Waals surface area contributed by atoms with Gasteiger partial charge < -0.3 is 0 Å². The van der Waals surface area contributed by atoms with Gasteiger partial charge in [0.05, 0.1) is 0 Å². The number of aryl methyl sites for hydroxylation is 2. The van der Waals surface area contributed by atoms with E-state index in [2.05, 4.69) is 98.8 Å². The molecule has 0 atom stereocenters. The van der Waals surface area contributed by atoms with Crippen molar-refractivity contribution in [3.8, 4) is 0 Å². The highest BCUT2D eigenvalue weighted by atomic mass is 14.1. The highest BCUT2D eigenvalue weighted by Gasteiger charge is 2.10. The van der Waals surface area contributed by atoms with Crippen molar-refractivity contribution in [3.05, 3.63) is 96.1 Å². The molecule has 0 aliphatic carbocycles. The molecule has 0 heteroatoms. The maximum Gasteiger partial charge on any atom is -0.00987 e. The number of unbranched alkanes of at least 4 members (excludes halogenated alkanes) is 2. The Bertz CT molecular complexity index is 1540. The van der Waals surface area contributed by atoms with Gasteiger partial charge in [0.1, 0.15) is 0 Å². The van der Waals surface area contributed by atoms with Crippen LogP contribution in [0.3, 0.4) is 0 Å².